The molecule has 0 radical (unpaired) electrons. The van der Waals surface area contributed by atoms with E-state index in [0.29, 0.717) is 6.54 Å². The maximum atomic E-state index is 5.30. The van der Waals surface area contributed by atoms with Crippen molar-refractivity contribution >= 4 is 67.3 Å². The molecule has 0 amide bonds. The van der Waals surface area contributed by atoms with Gasteiger partial charge < -0.3 is 19.6 Å². The van der Waals surface area contributed by atoms with Crippen molar-refractivity contribution in [3.8, 4) is 22.5 Å². The van der Waals surface area contributed by atoms with E-state index in [1.807, 2.05) is 36.4 Å². The van der Waals surface area contributed by atoms with E-state index < -0.39 is 0 Å². The third-order valence-corrected chi connectivity index (χ3v) is 13.1. The van der Waals surface area contributed by atoms with Crippen LogP contribution < -0.4 is 19.6 Å². The van der Waals surface area contributed by atoms with Crippen LogP contribution in [0.1, 0.15) is 6.42 Å². The standard InChI is InChI=1S/C64H52N6/c1-3-46-68(53-40-44-56(45-41-53)69(54-22-9-5-10-23-54)55-24-11-6-12-25-55)52-34-30-48(31-35-52)63-64(66-61-28-16-15-27-60(61)65-63)49-32-36-57(37-33-49)70(62-29-17-19-47-18-13-14-26-59(47)62)58-42-38-51(39-43-58)67(2)50-20-7-4-8-21-50/h3-44,56H,1,45-46H2,2H3. The average molecular weight is 905 g/mol. The molecular weight excluding hydrogens is 853 g/mol. The molecule has 0 bridgehead atoms. The number of benzene rings is 9. The Morgan fingerprint density at radius 1 is 0.486 bits per heavy atom. The van der Waals surface area contributed by atoms with E-state index in [0.717, 1.165) is 79.8 Å². The zero-order chi connectivity index (χ0) is 47.2. The Bertz CT molecular complexity index is 3420. The smallest absolute Gasteiger partial charge is 0.0973 e. The van der Waals surface area contributed by atoms with Crippen LogP contribution in [0.25, 0.3) is 44.3 Å². The number of nitrogens with zero attached hydrogens (tertiary/aromatic N) is 6. The van der Waals surface area contributed by atoms with Crippen molar-refractivity contribution in [3.63, 3.8) is 0 Å². The molecule has 0 aliphatic heterocycles. The summed E-state index contributed by atoms with van der Waals surface area (Å²) in [7, 11) is 2.11. The second-order valence-electron chi connectivity index (χ2n) is 17.5. The molecule has 6 nitrogen and oxygen atoms in total. The molecule has 0 fully saturated rings. The molecule has 1 aliphatic rings. The van der Waals surface area contributed by atoms with Gasteiger partial charge in [-0.15, -0.1) is 6.58 Å². The van der Waals surface area contributed by atoms with Crippen molar-refractivity contribution < 1.29 is 0 Å². The van der Waals surface area contributed by atoms with E-state index in [1.54, 1.807) is 0 Å². The lowest BCUT2D eigenvalue weighted by atomic mass is 10.0. The minimum absolute atomic E-state index is 0.167. The van der Waals surface area contributed by atoms with Gasteiger partial charge in [0, 0.05) is 75.6 Å². The highest BCUT2D eigenvalue weighted by molar-refractivity contribution is 5.99. The molecule has 1 atom stereocenters. The molecule has 1 aromatic heterocycles. The Hall–Kier alpha value is -9.00. The van der Waals surface area contributed by atoms with E-state index in [4.69, 9.17) is 9.97 Å². The van der Waals surface area contributed by atoms with E-state index in [2.05, 4.69) is 252 Å². The van der Waals surface area contributed by atoms with Gasteiger partial charge in [-0.1, -0.05) is 146 Å². The lowest BCUT2D eigenvalue weighted by Crippen LogP contribution is -2.32. The van der Waals surface area contributed by atoms with Crippen LogP contribution in [0, 0.1) is 0 Å². The number of rotatable bonds is 14. The van der Waals surface area contributed by atoms with Gasteiger partial charge in [0.05, 0.1) is 34.2 Å². The van der Waals surface area contributed by atoms with Gasteiger partial charge in [0.2, 0.25) is 0 Å². The average Bonchev–Trinajstić information content (AvgIpc) is 3.43. The van der Waals surface area contributed by atoms with Gasteiger partial charge in [0.15, 0.2) is 0 Å². The molecule has 70 heavy (non-hydrogen) atoms. The van der Waals surface area contributed by atoms with Crippen molar-refractivity contribution in [1.29, 1.82) is 0 Å². The molecule has 1 heterocycles. The molecule has 1 aliphatic carbocycles. The summed E-state index contributed by atoms with van der Waals surface area (Å²) in [5, 5.41) is 2.36. The number of anilines is 8. The van der Waals surface area contributed by atoms with Gasteiger partial charge in [-0.05, 0) is 121 Å². The van der Waals surface area contributed by atoms with Gasteiger partial charge in [-0.2, -0.15) is 0 Å². The minimum atomic E-state index is 0.167. The fourth-order valence-corrected chi connectivity index (χ4v) is 9.61. The van der Waals surface area contributed by atoms with Crippen LogP contribution in [0.3, 0.4) is 0 Å². The van der Waals surface area contributed by atoms with Crippen molar-refractivity contribution in [3.05, 3.63) is 267 Å². The summed E-state index contributed by atoms with van der Waals surface area (Å²) < 4.78 is 0. The van der Waals surface area contributed by atoms with Crippen molar-refractivity contribution in [2.75, 3.05) is 33.2 Å². The Balaban J connectivity index is 0.913. The van der Waals surface area contributed by atoms with Crippen molar-refractivity contribution in [2.24, 2.45) is 0 Å². The van der Waals surface area contributed by atoms with Crippen LogP contribution >= 0.6 is 0 Å². The number of para-hydroxylation sites is 5. The molecule has 10 aromatic rings. The number of hydrogen-bond acceptors (Lipinski definition) is 6. The summed E-state index contributed by atoms with van der Waals surface area (Å²) in [6.07, 6.45) is 9.74. The van der Waals surface area contributed by atoms with Crippen LogP contribution in [0.2, 0.25) is 0 Å². The quantitative estimate of drug-likeness (QED) is 0.101. The van der Waals surface area contributed by atoms with E-state index >= 15 is 0 Å². The van der Waals surface area contributed by atoms with Gasteiger partial charge >= 0.3 is 0 Å². The summed E-state index contributed by atoms with van der Waals surface area (Å²) in [6, 6.07) is 81.4. The molecule has 0 spiro atoms. The van der Waals surface area contributed by atoms with Crippen LogP contribution in [-0.4, -0.2) is 29.6 Å². The minimum Gasteiger partial charge on any atom is -0.345 e. The van der Waals surface area contributed by atoms with Crippen LogP contribution in [-0.2, 0) is 0 Å². The normalized spacial score (nSPS) is 13.2. The molecule has 0 saturated heterocycles. The monoisotopic (exact) mass is 904 g/mol. The Morgan fingerprint density at radius 3 is 1.51 bits per heavy atom. The summed E-state index contributed by atoms with van der Waals surface area (Å²) in [6.45, 7) is 4.81. The fraction of sp³-hybridized carbons (Fsp3) is 0.0625. The van der Waals surface area contributed by atoms with Gasteiger partial charge in [-0.25, -0.2) is 9.97 Å². The summed E-state index contributed by atoms with van der Waals surface area (Å²) in [5.41, 5.74) is 15.4. The van der Waals surface area contributed by atoms with E-state index in [9.17, 15) is 0 Å². The Labute approximate surface area is 410 Å². The number of allylic oxidation sites excluding steroid dienone is 1. The summed E-state index contributed by atoms with van der Waals surface area (Å²) in [4.78, 5) is 19.9. The van der Waals surface area contributed by atoms with Crippen LogP contribution in [0.15, 0.2) is 267 Å². The predicted octanol–water partition coefficient (Wildman–Crippen LogP) is 16.4. The van der Waals surface area contributed by atoms with Crippen LogP contribution in [0.4, 0.5) is 45.5 Å². The first-order valence-corrected chi connectivity index (χ1v) is 23.9. The fourth-order valence-electron chi connectivity index (χ4n) is 9.61. The maximum Gasteiger partial charge on any atom is 0.0973 e. The molecule has 0 saturated carbocycles. The second kappa shape index (κ2) is 19.7. The Kier molecular flexibility index (Phi) is 12.3. The SMILES string of the molecule is C=CCN(C1=CCC(N(c2ccccc2)c2ccccc2)C=C1)c1ccc(-c2nc3ccccc3nc2-c2ccc(N(c3ccc(N(C)c4ccccc4)cc3)c3cccc4ccccc34)cc2)cc1. The summed E-state index contributed by atoms with van der Waals surface area (Å²) >= 11 is 0. The highest BCUT2D eigenvalue weighted by atomic mass is 15.2. The molecule has 1 unspecified atom stereocenters. The topological polar surface area (TPSA) is 38.7 Å². The highest BCUT2D eigenvalue weighted by Crippen LogP contribution is 2.42. The first kappa shape index (κ1) is 43.6. The van der Waals surface area contributed by atoms with Gasteiger partial charge in [0.25, 0.3) is 0 Å². The molecule has 6 heteroatoms. The maximum absolute atomic E-state index is 5.30. The second-order valence-corrected chi connectivity index (χ2v) is 17.5. The number of fused-ring (bicyclic) bond motifs is 2. The largest absolute Gasteiger partial charge is 0.345 e. The van der Waals surface area contributed by atoms with Crippen LogP contribution in [0.5, 0.6) is 0 Å². The first-order valence-electron chi connectivity index (χ1n) is 23.9. The van der Waals surface area contributed by atoms with Crippen molar-refractivity contribution in [1.82, 2.24) is 9.97 Å². The molecule has 9 aromatic carbocycles. The van der Waals surface area contributed by atoms with Gasteiger partial charge in [0.1, 0.15) is 0 Å². The van der Waals surface area contributed by atoms with Crippen molar-refractivity contribution in [2.45, 2.75) is 12.5 Å². The van der Waals surface area contributed by atoms with E-state index in [1.165, 1.54) is 22.1 Å². The molecule has 338 valence electrons. The highest BCUT2D eigenvalue weighted by Gasteiger charge is 2.23. The third kappa shape index (κ3) is 8.82. The first-order chi connectivity index (χ1) is 34.6. The molecule has 11 rings (SSSR count). The molecular formula is C64H52N6. The molecule has 0 N–H and O–H groups in total. The Morgan fingerprint density at radius 2 is 0.957 bits per heavy atom. The zero-order valence-corrected chi connectivity index (χ0v) is 39.1. The van der Waals surface area contributed by atoms with E-state index in [-0.39, 0.29) is 6.04 Å². The number of hydrogen-bond donors (Lipinski definition) is 0. The zero-order valence-electron chi connectivity index (χ0n) is 39.1. The lowest BCUT2D eigenvalue weighted by molar-refractivity contribution is 0.773. The van der Waals surface area contributed by atoms with Gasteiger partial charge in [-0.3, -0.25) is 0 Å². The predicted molar refractivity (Wildman–Crippen MR) is 295 cm³/mol. The number of aromatic nitrogens is 2. The summed E-state index contributed by atoms with van der Waals surface area (Å²) in [5.74, 6) is 0. The lowest BCUT2D eigenvalue weighted by Gasteiger charge is -2.35. The third-order valence-electron chi connectivity index (χ3n) is 13.1.